The zero-order valence-electron chi connectivity index (χ0n) is 9.49. The molecule has 1 N–H and O–H groups in total. The summed E-state index contributed by atoms with van der Waals surface area (Å²) in [5.74, 6) is 0.0102. The average molecular weight is 223 g/mol. The Morgan fingerprint density at radius 3 is 2.81 bits per heavy atom. The molecule has 4 nitrogen and oxygen atoms in total. The molecular weight excluding hydrogens is 206 g/mol. The first-order valence-electron chi connectivity index (χ1n) is 5.57. The van der Waals surface area contributed by atoms with Crippen molar-refractivity contribution >= 4 is 11.7 Å². The van der Waals surface area contributed by atoms with Crippen LogP contribution in [0.4, 0.5) is 0 Å². The van der Waals surface area contributed by atoms with Gasteiger partial charge in [-0.3, -0.25) is 9.59 Å². The Labute approximate surface area is 95.0 Å². The smallest absolute Gasteiger partial charge is 0.220 e. The minimum atomic E-state index is -0.200. The first-order valence-corrected chi connectivity index (χ1v) is 5.57. The Balaban J connectivity index is 2.19. The summed E-state index contributed by atoms with van der Waals surface area (Å²) in [6.07, 6.45) is 4.92. The quantitative estimate of drug-likeness (QED) is 0.569. The largest absolute Gasteiger partial charge is 0.461 e. The number of ketones is 1. The Morgan fingerprint density at radius 1 is 1.38 bits per heavy atom. The number of nitrogens with one attached hydrogen (secondary N) is 1. The van der Waals surface area contributed by atoms with Crippen molar-refractivity contribution in [2.24, 2.45) is 0 Å². The van der Waals surface area contributed by atoms with E-state index in [0.717, 1.165) is 19.3 Å². The molecule has 16 heavy (non-hydrogen) atoms. The fourth-order valence-electron chi connectivity index (χ4n) is 1.33. The molecule has 1 rings (SSSR count). The lowest BCUT2D eigenvalue weighted by Gasteiger charge is -2.02. The third-order valence-corrected chi connectivity index (χ3v) is 2.25. The summed E-state index contributed by atoms with van der Waals surface area (Å²) < 4.78 is 4.93. The number of furan rings is 1. The van der Waals surface area contributed by atoms with Crippen LogP contribution in [0.15, 0.2) is 22.8 Å². The number of carbonyl (C=O) groups excluding carboxylic acids is 2. The van der Waals surface area contributed by atoms with Crippen LogP contribution in [0.5, 0.6) is 0 Å². The fourth-order valence-corrected chi connectivity index (χ4v) is 1.33. The van der Waals surface area contributed by atoms with E-state index in [4.69, 9.17) is 4.42 Å². The van der Waals surface area contributed by atoms with Gasteiger partial charge in [-0.1, -0.05) is 19.8 Å². The maximum atomic E-state index is 11.4. The Morgan fingerprint density at radius 2 is 2.19 bits per heavy atom. The molecule has 0 saturated heterocycles. The molecule has 0 fully saturated rings. The molecule has 1 aromatic heterocycles. The van der Waals surface area contributed by atoms with Crippen LogP contribution in [-0.4, -0.2) is 18.2 Å². The molecule has 88 valence electrons. The highest BCUT2D eigenvalue weighted by molar-refractivity contribution is 5.96. The number of carbonyl (C=O) groups is 2. The normalized spacial score (nSPS) is 10.1. The number of hydrogen-bond donors (Lipinski definition) is 1. The van der Waals surface area contributed by atoms with E-state index in [1.54, 1.807) is 12.1 Å². The van der Waals surface area contributed by atoms with Crippen LogP contribution in [-0.2, 0) is 4.79 Å². The molecule has 0 aliphatic heterocycles. The highest BCUT2D eigenvalue weighted by Crippen LogP contribution is 2.01. The number of unbranched alkanes of at least 4 members (excludes halogenated alkanes) is 2. The van der Waals surface area contributed by atoms with Gasteiger partial charge in [0, 0.05) is 6.42 Å². The molecule has 1 aromatic rings. The van der Waals surface area contributed by atoms with Gasteiger partial charge in [0.2, 0.25) is 11.7 Å². The van der Waals surface area contributed by atoms with Gasteiger partial charge in [-0.15, -0.1) is 0 Å². The summed E-state index contributed by atoms with van der Waals surface area (Å²) in [7, 11) is 0. The summed E-state index contributed by atoms with van der Waals surface area (Å²) in [5, 5.41) is 2.58. The molecule has 0 bridgehead atoms. The van der Waals surface area contributed by atoms with Crippen molar-refractivity contribution in [2.45, 2.75) is 32.6 Å². The monoisotopic (exact) mass is 223 g/mol. The Bertz CT molecular complexity index is 330. The van der Waals surface area contributed by atoms with E-state index in [-0.39, 0.29) is 24.0 Å². The summed E-state index contributed by atoms with van der Waals surface area (Å²) in [4.78, 5) is 22.7. The van der Waals surface area contributed by atoms with E-state index in [0.29, 0.717) is 6.42 Å². The third-order valence-electron chi connectivity index (χ3n) is 2.25. The predicted octanol–water partition coefficient (Wildman–Crippen LogP) is 2.16. The van der Waals surface area contributed by atoms with E-state index in [1.165, 1.54) is 6.26 Å². The average Bonchev–Trinajstić information content (AvgIpc) is 2.79. The lowest BCUT2D eigenvalue weighted by molar-refractivity contribution is -0.121. The SMILES string of the molecule is CCCCCC(=O)NCC(=O)c1ccco1. The maximum Gasteiger partial charge on any atom is 0.220 e. The molecule has 0 radical (unpaired) electrons. The maximum absolute atomic E-state index is 11.4. The van der Waals surface area contributed by atoms with Crippen molar-refractivity contribution in [1.82, 2.24) is 5.32 Å². The first-order chi connectivity index (χ1) is 7.74. The fraction of sp³-hybridized carbons (Fsp3) is 0.500. The van der Waals surface area contributed by atoms with Crippen molar-refractivity contribution in [1.29, 1.82) is 0 Å². The number of hydrogen-bond acceptors (Lipinski definition) is 3. The van der Waals surface area contributed by atoms with Gasteiger partial charge in [-0.05, 0) is 18.6 Å². The zero-order valence-corrected chi connectivity index (χ0v) is 9.49. The molecular formula is C12H17NO3. The molecule has 1 amide bonds. The van der Waals surface area contributed by atoms with Crippen LogP contribution in [0.2, 0.25) is 0 Å². The van der Waals surface area contributed by atoms with Crippen molar-refractivity contribution < 1.29 is 14.0 Å². The van der Waals surface area contributed by atoms with Gasteiger partial charge < -0.3 is 9.73 Å². The molecule has 0 aliphatic rings. The van der Waals surface area contributed by atoms with Crippen molar-refractivity contribution in [3.8, 4) is 0 Å². The molecule has 4 heteroatoms. The van der Waals surface area contributed by atoms with Gasteiger partial charge in [-0.25, -0.2) is 0 Å². The van der Waals surface area contributed by atoms with E-state index in [1.807, 2.05) is 0 Å². The van der Waals surface area contributed by atoms with Crippen LogP contribution >= 0.6 is 0 Å². The van der Waals surface area contributed by atoms with Crippen LogP contribution in [0.3, 0.4) is 0 Å². The van der Waals surface area contributed by atoms with Crippen molar-refractivity contribution in [3.05, 3.63) is 24.2 Å². The second-order valence-electron chi connectivity index (χ2n) is 3.63. The number of rotatable bonds is 7. The van der Waals surface area contributed by atoms with Gasteiger partial charge in [0.05, 0.1) is 12.8 Å². The highest BCUT2D eigenvalue weighted by Gasteiger charge is 2.09. The minimum absolute atomic E-state index is 0.0124. The van der Waals surface area contributed by atoms with Crippen LogP contribution in [0.25, 0.3) is 0 Å². The number of amides is 1. The summed E-state index contributed by atoms with van der Waals surface area (Å²) >= 11 is 0. The molecule has 0 aliphatic carbocycles. The molecule has 0 saturated carbocycles. The van der Waals surface area contributed by atoms with Crippen molar-refractivity contribution in [3.63, 3.8) is 0 Å². The second-order valence-corrected chi connectivity index (χ2v) is 3.63. The topological polar surface area (TPSA) is 59.3 Å². The van der Waals surface area contributed by atoms with Gasteiger partial charge in [0.1, 0.15) is 0 Å². The molecule has 0 unspecified atom stereocenters. The second kappa shape index (κ2) is 6.82. The van der Waals surface area contributed by atoms with E-state index in [9.17, 15) is 9.59 Å². The minimum Gasteiger partial charge on any atom is -0.461 e. The Hall–Kier alpha value is -1.58. The standard InChI is InChI=1S/C12H17NO3/c1-2-3-4-7-12(15)13-9-10(14)11-6-5-8-16-11/h5-6,8H,2-4,7,9H2,1H3,(H,13,15). The van der Waals surface area contributed by atoms with Crippen molar-refractivity contribution in [2.75, 3.05) is 6.54 Å². The third kappa shape index (κ3) is 4.29. The van der Waals surface area contributed by atoms with E-state index < -0.39 is 0 Å². The van der Waals surface area contributed by atoms with Crippen LogP contribution in [0, 0.1) is 0 Å². The number of Topliss-reactive ketones (excluding diaryl/α,β-unsaturated/α-hetero) is 1. The van der Waals surface area contributed by atoms with E-state index >= 15 is 0 Å². The van der Waals surface area contributed by atoms with Crippen LogP contribution in [0.1, 0.15) is 43.2 Å². The lowest BCUT2D eigenvalue weighted by atomic mass is 10.2. The summed E-state index contributed by atoms with van der Waals surface area (Å²) in [6, 6.07) is 3.24. The first kappa shape index (κ1) is 12.5. The molecule has 0 spiro atoms. The van der Waals surface area contributed by atoms with Crippen LogP contribution < -0.4 is 5.32 Å². The zero-order chi connectivity index (χ0) is 11.8. The summed E-state index contributed by atoms with van der Waals surface area (Å²) in [6.45, 7) is 2.09. The predicted molar refractivity (Wildman–Crippen MR) is 60.2 cm³/mol. The highest BCUT2D eigenvalue weighted by atomic mass is 16.3. The van der Waals surface area contributed by atoms with Gasteiger partial charge in [0.25, 0.3) is 0 Å². The molecule has 0 atom stereocenters. The van der Waals surface area contributed by atoms with Gasteiger partial charge in [-0.2, -0.15) is 0 Å². The molecule has 0 aromatic carbocycles. The van der Waals surface area contributed by atoms with Gasteiger partial charge in [0.15, 0.2) is 5.76 Å². The summed E-state index contributed by atoms with van der Waals surface area (Å²) in [5.41, 5.74) is 0. The van der Waals surface area contributed by atoms with E-state index in [2.05, 4.69) is 12.2 Å². The Kier molecular flexibility index (Phi) is 5.32. The molecule has 1 heterocycles. The van der Waals surface area contributed by atoms with Gasteiger partial charge >= 0.3 is 0 Å². The lowest BCUT2D eigenvalue weighted by Crippen LogP contribution is -2.29.